The first-order valence-corrected chi connectivity index (χ1v) is 10.2. The van der Waals surface area contributed by atoms with Gasteiger partial charge < -0.3 is 15.4 Å². The molecular weight excluding hydrogens is 328 g/mol. The predicted molar refractivity (Wildman–Crippen MR) is 95.1 cm³/mol. The van der Waals surface area contributed by atoms with Gasteiger partial charge in [-0.1, -0.05) is 6.92 Å². The summed E-state index contributed by atoms with van der Waals surface area (Å²) >= 11 is 0. The van der Waals surface area contributed by atoms with Crippen LogP contribution < -0.4 is 15.4 Å². The second-order valence-electron chi connectivity index (χ2n) is 6.33. The molecule has 1 aliphatic heterocycles. The van der Waals surface area contributed by atoms with Gasteiger partial charge in [0, 0.05) is 11.9 Å². The Morgan fingerprint density at radius 3 is 2.38 bits per heavy atom. The van der Waals surface area contributed by atoms with E-state index >= 15 is 0 Å². The van der Waals surface area contributed by atoms with Crippen LogP contribution in [-0.4, -0.2) is 44.5 Å². The van der Waals surface area contributed by atoms with Crippen LogP contribution in [0.4, 0.5) is 5.69 Å². The third-order valence-corrected chi connectivity index (χ3v) is 6.57. The van der Waals surface area contributed by atoms with E-state index in [1.54, 1.807) is 24.3 Å². The molecular formula is C17H26N2O4S. The summed E-state index contributed by atoms with van der Waals surface area (Å²) in [5.74, 6) is 0.268. The molecule has 0 radical (unpaired) electrons. The fourth-order valence-electron chi connectivity index (χ4n) is 2.77. The van der Waals surface area contributed by atoms with Crippen LogP contribution in [0, 0.1) is 0 Å². The fraction of sp³-hybridized carbons (Fsp3) is 0.588. The Kier molecular flexibility index (Phi) is 5.87. The van der Waals surface area contributed by atoms with Crippen LogP contribution in [0.15, 0.2) is 24.3 Å². The lowest BCUT2D eigenvalue weighted by atomic mass is 9.95. The van der Waals surface area contributed by atoms with Gasteiger partial charge in [0.25, 0.3) is 0 Å². The molecule has 134 valence electrons. The van der Waals surface area contributed by atoms with Crippen LogP contribution >= 0.6 is 0 Å². The lowest BCUT2D eigenvalue weighted by Crippen LogP contribution is -2.55. The molecule has 0 saturated carbocycles. The molecule has 1 aliphatic rings. The minimum absolute atomic E-state index is 0.119. The maximum atomic E-state index is 12.7. The van der Waals surface area contributed by atoms with Gasteiger partial charge >= 0.3 is 0 Å². The summed E-state index contributed by atoms with van der Waals surface area (Å²) in [4.78, 5) is 12.7. The molecule has 7 heteroatoms. The normalized spacial score (nSPS) is 18.6. The lowest BCUT2D eigenvalue weighted by molar-refractivity contribution is -0.119. The number of carbonyl (C=O) groups is 1. The lowest BCUT2D eigenvalue weighted by Gasteiger charge is -2.34. The molecule has 0 aromatic heterocycles. The van der Waals surface area contributed by atoms with Gasteiger partial charge in [-0.25, -0.2) is 8.42 Å². The first-order valence-electron chi connectivity index (χ1n) is 8.27. The van der Waals surface area contributed by atoms with Crippen LogP contribution in [0.25, 0.3) is 0 Å². The number of rotatable bonds is 6. The van der Waals surface area contributed by atoms with Crippen molar-refractivity contribution in [2.75, 3.05) is 24.7 Å². The Labute approximate surface area is 143 Å². The van der Waals surface area contributed by atoms with Crippen molar-refractivity contribution in [1.29, 1.82) is 0 Å². The van der Waals surface area contributed by atoms with Gasteiger partial charge in [-0.3, -0.25) is 4.79 Å². The Balaban J connectivity index is 2.13. The fourth-order valence-corrected chi connectivity index (χ4v) is 4.11. The molecule has 24 heavy (non-hydrogen) atoms. The number of hydrogen-bond donors (Lipinski definition) is 2. The standard InChI is InChI=1S/C17H26N2O4S/c1-4-13(2)23-15-7-5-14(6-8-15)19-16(20)17(24(3,21)22)9-11-18-12-10-17/h5-8,13,18H,4,9-12H2,1-3H3,(H,19,20). The SMILES string of the molecule is CCC(C)Oc1ccc(NC(=O)C2(S(C)(=O)=O)CCNCC2)cc1. The quantitative estimate of drug-likeness (QED) is 0.816. The molecule has 2 rings (SSSR count). The van der Waals surface area contributed by atoms with Crippen LogP contribution in [0.1, 0.15) is 33.1 Å². The number of ether oxygens (including phenoxy) is 1. The largest absolute Gasteiger partial charge is 0.491 e. The maximum absolute atomic E-state index is 12.7. The summed E-state index contributed by atoms with van der Waals surface area (Å²) < 4.78 is 28.8. The molecule has 1 aromatic rings. The first kappa shape index (κ1) is 18.7. The van der Waals surface area contributed by atoms with Crippen molar-refractivity contribution in [1.82, 2.24) is 5.32 Å². The molecule has 6 nitrogen and oxygen atoms in total. The van der Waals surface area contributed by atoms with E-state index in [-0.39, 0.29) is 18.9 Å². The van der Waals surface area contributed by atoms with Crippen molar-refractivity contribution in [3.8, 4) is 5.75 Å². The molecule has 1 aromatic carbocycles. The van der Waals surface area contributed by atoms with Gasteiger partial charge in [0.2, 0.25) is 5.91 Å². The Hall–Kier alpha value is -1.60. The van der Waals surface area contributed by atoms with Gasteiger partial charge in [-0.2, -0.15) is 0 Å². The zero-order valence-electron chi connectivity index (χ0n) is 14.5. The van der Waals surface area contributed by atoms with Gasteiger partial charge in [0.05, 0.1) is 6.10 Å². The highest BCUT2D eigenvalue weighted by Gasteiger charge is 2.48. The summed E-state index contributed by atoms with van der Waals surface area (Å²) in [6, 6.07) is 7.01. The van der Waals surface area contributed by atoms with Crippen molar-refractivity contribution in [2.45, 2.75) is 44.0 Å². The maximum Gasteiger partial charge on any atom is 0.245 e. The van der Waals surface area contributed by atoms with Crippen LogP contribution in [-0.2, 0) is 14.6 Å². The van der Waals surface area contributed by atoms with Crippen LogP contribution in [0.3, 0.4) is 0 Å². The highest BCUT2D eigenvalue weighted by molar-refractivity contribution is 7.92. The minimum atomic E-state index is -3.51. The van der Waals surface area contributed by atoms with E-state index in [0.29, 0.717) is 18.8 Å². The highest BCUT2D eigenvalue weighted by atomic mass is 32.2. The van der Waals surface area contributed by atoms with E-state index in [4.69, 9.17) is 4.74 Å². The zero-order valence-corrected chi connectivity index (χ0v) is 15.3. The Bertz CT molecular complexity index is 664. The summed E-state index contributed by atoms with van der Waals surface area (Å²) in [7, 11) is -3.51. The van der Waals surface area contributed by atoms with Gasteiger partial charge in [0.1, 0.15) is 5.75 Å². The van der Waals surface area contributed by atoms with Gasteiger partial charge in [-0.15, -0.1) is 0 Å². The molecule has 1 unspecified atom stereocenters. The summed E-state index contributed by atoms with van der Waals surface area (Å²) in [6.07, 6.45) is 2.73. The van der Waals surface area contributed by atoms with E-state index in [2.05, 4.69) is 10.6 Å². The number of amides is 1. The molecule has 0 aliphatic carbocycles. The molecule has 1 amide bonds. The number of carbonyl (C=O) groups excluding carboxylic acids is 1. The summed E-state index contributed by atoms with van der Waals surface area (Å²) in [5.41, 5.74) is 0.568. The second-order valence-corrected chi connectivity index (χ2v) is 8.66. The smallest absolute Gasteiger partial charge is 0.245 e. The molecule has 2 N–H and O–H groups in total. The number of piperidine rings is 1. The summed E-state index contributed by atoms with van der Waals surface area (Å²) in [5, 5.41) is 5.85. The average Bonchev–Trinajstić information content (AvgIpc) is 2.56. The van der Waals surface area contributed by atoms with Crippen molar-refractivity contribution in [3.05, 3.63) is 24.3 Å². The number of benzene rings is 1. The van der Waals surface area contributed by atoms with E-state index in [0.717, 1.165) is 18.4 Å². The third-order valence-electron chi connectivity index (χ3n) is 4.56. The van der Waals surface area contributed by atoms with Gasteiger partial charge in [0.15, 0.2) is 14.6 Å². The minimum Gasteiger partial charge on any atom is -0.491 e. The van der Waals surface area contributed by atoms with Crippen molar-refractivity contribution in [2.24, 2.45) is 0 Å². The van der Waals surface area contributed by atoms with E-state index in [1.807, 2.05) is 13.8 Å². The van der Waals surface area contributed by atoms with E-state index in [9.17, 15) is 13.2 Å². The number of anilines is 1. The van der Waals surface area contributed by atoms with Crippen molar-refractivity contribution >= 4 is 21.4 Å². The van der Waals surface area contributed by atoms with Crippen molar-refractivity contribution < 1.29 is 17.9 Å². The average molecular weight is 354 g/mol. The monoisotopic (exact) mass is 354 g/mol. The third kappa shape index (κ3) is 4.08. The summed E-state index contributed by atoms with van der Waals surface area (Å²) in [6.45, 7) is 5.07. The Morgan fingerprint density at radius 2 is 1.88 bits per heavy atom. The molecule has 1 saturated heterocycles. The second kappa shape index (κ2) is 7.53. The highest BCUT2D eigenvalue weighted by Crippen LogP contribution is 2.29. The van der Waals surface area contributed by atoms with E-state index < -0.39 is 20.5 Å². The molecule has 0 spiro atoms. The zero-order chi connectivity index (χ0) is 17.8. The van der Waals surface area contributed by atoms with Crippen molar-refractivity contribution in [3.63, 3.8) is 0 Å². The molecule has 1 fully saturated rings. The topological polar surface area (TPSA) is 84.5 Å². The predicted octanol–water partition coefficient (Wildman–Crippen LogP) is 1.97. The first-order chi connectivity index (χ1) is 11.3. The van der Waals surface area contributed by atoms with Crippen LogP contribution in [0.2, 0.25) is 0 Å². The number of hydrogen-bond acceptors (Lipinski definition) is 5. The number of nitrogens with one attached hydrogen (secondary N) is 2. The van der Waals surface area contributed by atoms with Gasteiger partial charge in [-0.05, 0) is 63.5 Å². The van der Waals surface area contributed by atoms with E-state index in [1.165, 1.54) is 0 Å². The Morgan fingerprint density at radius 1 is 1.29 bits per heavy atom. The molecule has 1 atom stereocenters. The molecule has 0 bridgehead atoms. The number of sulfone groups is 1. The molecule has 1 heterocycles. The van der Waals surface area contributed by atoms with Crippen LogP contribution in [0.5, 0.6) is 5.75 Å².